The molecule has 0 saturated heterocycles. The lowest BCUT2D eigenvalue weighted by molar-refractivity contribution is 0.373. The first kappa shape index (κ1) is 18.2. The molecule has 27 heavy (non-hydrogen) atoms. The highest BCUT2D eigenvalue weighted by molar-refractivity contribution is 5.63. The van der Waals surface area contributed by atoms with Crippen LogP contribution in [0.3, 0.4) is 0 Å². The average molecular weight is 366 g/mol. The summed E-state index contributed by atoms with van der Waals surface area (Å²) in [6.45, 7) is 1.02. The van der Waals surface area contributed by atoms with Gasteiger partial charge < -0.3 is 10.6 Å². The van der Waals surface area contributed by atoms with Crippen molar-refractivity contribution in [2.45, 2.75) is 70.3 Å². The molecule has 0 radical (unpaired) electrons. The molecule has 5 heteroatoms. The van der Waals surface area contributed by atoms with Gasteiger partial charge in [0.1, 0.15) is 5.82 Å². The van der Waals surface area contributed by atoms with Gasteiger partial charge in [-0.05, 0) is 49.8 Å². The highest BCUT2D eigenvalue weighted by Gasteiger charge is 2.15. The maximum atomic E-state index is 4.75. The monoisotopic (exact) mass is 365 g/mol. The molecular weight excluding hydrogens is 334 g/mol. The zero-order valence-electron chi connectivity index (χ0n) is 16.2. The second-order valence-corrected chi connectivity index (χ2v) is 8.06. The molecule has 2 heterocycles. The van der Waals surface area contributed by atoms with E-state index < -0.39 is 0 Å². The number of rotatable bonds is 6. The minimum Gasteiger partial charge on any atom is -0.370 e. The Balaban J connectivity index is 1.40. The number of nitrogens with zero attached hydrogens (tertiary/aromatic N) is 3. The van der Waals surface area contributed by atoms with E-state index in [1.165, 1.54) is 64.2 Å². The third-order valence-electron chi connectivity index (χ3n) is 5.95. The Hall–Kier alpha value is -2.17. The van der Waals surface area contributed by atoms with Gasteiger partial charge in [-0.15, -0.1) is 0 Å². The van der Waals surface area contributed by atoms with Gasteiger partial charge in [-0.3, -0.25) is 0 Å². The molecule has 0 unspecified atom stereocenters. The van der Waals surface area contributed by atoms with Crippen LogP contribution in [0.2, 0.25) is 0 Å². The van der Waals surface area contributed by atoms with Crippen LogP contribution < -0.4 is 10.6 Å². The molecule has 0 aromatic carbocycles. The van der Waals surface area contributed by atoms with Gasteiger partial charge in [-0.25, -0.2) is 15.0 Å². The Morgan fingerprint density at radius 3 is 2.41 bits per heavy atom. The van der Waals surface area contributed by atoms with Crippen molar-refractivity contribution in [2.24, 2.45) is 5.92 Å². The minimum atomic E-state index is 0.513. The van der Waals surface area contributed by atoms with Crippen molar-refractivity contribution in [3.05, 3.63) is 30.6 Å². The quantitative estimate of drug-likeness (QED) is 0.729. The van der Waals surface area contributed by atoms with Crippen LogP contribution in [0.25, 0.3) is 11.3 Å². The van der Waals surface area contributed by atoms with E-state index >= 15 is 0 Å². The van der Waals surface area contributed by atoms with Crippen molar-refractivity contribution in [3.63, 3.8) is 0 Å². The van der Waals surface area contributed by atoms with Crippen LogP contribution in [-0.2, 0) is 0 Å². The van der Waals surface area contributed by atoms with Crippen LogP contribution in [0.15, 0.2) is 30.6 Å². The SMILES string of the molecule is c1cc(-c2ccnc(NC3CCCCC3)n2)cc(NCC2CCCCC2)n1. The molecule has 2 N–H and O–H groups in total. The van der Waals surface area contributed by atoms with Crippen molar-refractivity contribution < 1.29 is 0 Å². The average Bonchev–Trinajstić information content (AvgIpc) is 2.74. The summed E-state index contributed by atoms with van der Waals surface area (Å²) in [5.41, 5.74) is 2.04. The van der Waals surface area contributed by atoms with Gasteiger partial charge in [0.2, 0.25) is 5.95 Å². The molecule has 2 aromatic heterocycles. The molecule has 2 aromatic rings. The van der Waals surface area contributed by atoms with E-state index in [0.29, 0.717) is 6.04 Å². The Labute approximate surface area is 162 Å². The molecule has 144 valence electrons. The lowest BCUT2D eigenvalue weighted by atomic mass is 9.89. The number of aromatic nitrogens is 3. The predicted octanol–water partition coefficient (Wildman–Crippen LogP) is 5.28. The Kier molecular flexibility index (Phi) is 6.17. The largest absolute Gasteiger partial charge is 0.370 e. The molecule has 2 fully saturated rings. The third-order valence-corrected chi connectivity index (χ3v) is 5.95. The molecular formula is C22H31N5. The molecule has 0 atom stereocenters. The van der Waals surface area contributed by atoms with Crippen LogP contribution in [0, 0.1) is 5.92 Å². The molecule has 4 rings (SSSR count). The van der Waals surface area contributed by atoms with Gasteiger partial charge in [0.15, 0.2) is 0 Å². The molecule has 0 aliphatic heterocycles. The molecule has 0 spiro atoms. The predicted molar refractivity (Wildman–Crippen MR) is 111 cm³/mol. The van der Waals surface area contributed by atoms with E-state index in [1.54, 1.807) is 0 Å². The van der Waals surface area contributed by atoms with Crippen LogP contribution in [-0.4, -0.2) is 27.5 Å². The summed E-state index contributed by atoms with van der Waals surface area (Å²) in [5.74, 6) is 2.47. The van der Waals surface area contributed by atoms with E-state index in [-0.39, 0.29) is 0 Å². The lowest BCUT2D eigenvalue weighted by Gasteiger charge is -2.23. The fraction of sp³-hybridized carbons (Fsp3) is 0.591. The summed E-state index contributed by atoms with van der Waals surface area (Å²) in [6, 6.07) is 6.62. The van der Waals surface area contributed by atoms with E-state index in [1.807, 2.05) is 24.5 Å². The number of pyridine rings is 1. The maximum absolute atomic E-state index is 4.75. The number of hydrogen-bond acceptors (Lipinski definition) is 5. The summed E-state index contributed by atoms with van der Waals surface area (Å²) in [5, 5.41) is 7.05. The first-order valence-corrected chi connectivity index (χ1v) is 10.7. The molecule has 0 bridgehead atoms. The first-order valence-electron chi connectivity index (χ1n) is 10.7. The van der Waals surface area contributed by atoms with Crippen molar-refractivity contribution in [2.75, 3.05) is 17.2 Å². The summed E-state index contributed by atoms with van der Waals surface area (Å²) in [7, 11) is 0. The van der Waals surface area contributed by atoms with Gasteiger partial charge in [0.05, 0.1) is 5.69 Å². The minimum absolute atomic E-state index is 0.513. The second kappa shape index (κ2) is 9.16. The maximum Gasteiger partial charge on any atom is 0.223 e. The van der Waals surface area contributed by atoms with Crippen LogP contribution in [0.5, 0.6) is 0 Å². The highest BCUT2D eigenvalue weighted by atomic mass is 15.1. The summed E-state index contributed by atoms with van der Waals surface area (Å²) < 4.78 is 0. The van der Waals surface area contributed by atoms with E-state index in [0.717, 1.165) is 35.5 Å². The topological polar surface area (TPSA) is 62.7 Å². The standard InChI is InChI=1S/C22H31N5/c1-3-7-17(8-4-1)16-25-21-15-18(11-13-23-21)20-12-14-24-22(27-20)26-19-9-5-2-6-10-19/h11-15,17,19H,1-10,16H2,(H,23,25)(H,24,26,27). The summed E-state index contributed by atoms with van der Waals surface area (Å²) in [4.78, 5) is 13.7. The van der Waals surface area contributed by atoms with Gasteiger partial charge in [0.25, 0.3) is 0 Å². The fourth-order valence-corrected chi connectivity index (χ4v) is 4.35. The van der Waals surface area contributed by atoms with Gasteiger partial charge in [-0.1, -0.05) is 38.5 Å². The molecule has 5 nitrogen and oxygen atoms in total. The Morgan fingerprint density at radius 1 is 0.852 bits per heavy atom. The fourth-order valence-electron chi connectivity index (χ4n) is 4.35. The first-order chi connectivity index (χ1) is 13.4. The highest BCUT2D eigenvalue weighted by Crippen LogP contribution is 2.25. The number of anilines is 2. The van der Waals surface area contributed by atoms with Crippen molar-refractivity contribution in [1.29, 1.82) is 0 Å². The zero-order chi connectivity index (χ0) is 18.3. The number of nitrogens with one attached hydrogen (secondary N) is 2. The van der Waals surface area contributed by atoms with E-state index in [2.05, 4.69) is 26.7 Å². The Bertz CT molecular complexity index is 720. The van der Waals surface area contributed by atoms with E-state index in [4.69, 9.17) is 4.98 Å². The molecule has 0 amide bonds. The van der Waals surface area contributed by atoms with Gasteiger partial charge in [0, 0.05) is 30.5 Å². The number of hydrogen-bond donors (Lipinski definition) is 2. The van der Waals surface area contributed by atoms with Crippen molar-refractivity contribution >= 4 is 11.8 Å². The third kappa shape index (κ3) is 5.18. The van der Waals surface area contributed by atoms with Crippen LogP contribution >= 0.6 is 0 Å². The zero-order valence-corrected chi connectivity index (χ0v) is 16.2. The molecule has 2 aliphatic carbocycles. The second-order valence-electron chi connectivity index (χ2n) is 8.06. The smallest absolute Gasteiger partial charge is 0.223 e. The van der Waals surface area contributed by atoms with Gasteiger partial charge >= 0.3 is 0 Å². The van der Waals surface area contributed by atoms with Crippen molar-refractivity contribution in [3.8, 4) is 11.3 Å². The van der Waals surface area contributed by atoms with Gasteiger partial charge in [-0.2, -0.15) is 0 Å². The van der Waals surface area contributed by atoms with Crippen LogP contribution in [0.1, 0.15) is 64.2 Å². The Morgan fingerprint density at radius 2 is 1.59 bits per heavy atom. The molecule has 2 aliphatic rings. The van der Waals surface area contributed by atoms with Crippen LogP contribution in [0.4, 0.5) is 11.8 Å². The summed E-state index contributed by atoms with van der Waals surface area (Å²) in [6.07, 6.45) is 16.9. The lowest BCUT2D eigenvalue weighted by Crippen LogP contribution is -2.23. The molecule has 2 saturated carbocycles. The van der Waals surface area contributed by atoms with E-state index in [9.17, 15) is 0 Å². The summed E-state index contributed by atoms with van der Waals surface area (Å²) >= 11 is 0. The normalized spacial score (nSPS) is 19.0. The van der Waals surface area contributed by atoms with Crippen molar-refractivity contribution in [1.82, 2.24) is 15.0 Å².